The van der Waals surface area contributed by atoms with Gasteiger partial charge in [-0.05, 0) is 37.1 Å². The van der Waals surface area contributed by atoms with Gasteiger partial charge < -0.3 is 18.9 Å². The first-order valence-electron chi connectivity index (χ1n) is 10.2. The Labute approximate surface area is 196 Å². The fourth-order valence-corrected chi connectivity index (χ4v) is 5.06. The number of fused-ring (bicyclic) bond motifs is 1. The molecule has 1 fully saturated rings. The lowest BCUT2D eigenvalue weighted by molar-refractivity contribution is 0.0484. The van der Waals surface area contributed by atoms with E-state index in [4.69, 9.17) is 30.5 Å². The van der Waals surface area contributed by atoms with E-state index in [1.165, 1.54) is 38.6 Å². The van der Waals surface area contributed by atoms with E-state index >= 15 is 0 Å². The number of hydrogen-bond acceptors (Lipinski definition) is 8. The van der Waals surface area contributed by atoms with Crippen molar-refractivity contribution < 1.29 is 32.2 Å². The Bertz CT molecular complexity index is 1150. The van der Waals surface area contributed by atoms with Gasteiger partial charge in [-0.25, -0.2) is 18.2 Å². The molecule has 1 N–H and O–H groups in total. The van der Waals surface area contributed by atoms with Crippen molar-refractivity contribution in [1.29, 1.82) is 0 Å². The number of nitrogens with zero attached hydrogens (tertiary/aromatic N) is 2. The monoisotopic (exact) mass is 497 g/mol. The predicted molar refractivity (Wildman–Crippen MR) is 119 cm³/mol. The number of rotatable bonds is 7. The quantitative estimate of drug-likeness (QED) is 0.580. The van der Waals surface area contributed by atoms with Crippen LogP contribution in [0.3, 0.4) is 0 Å². The highest BCUT2D eigenvalue weighted by atomic mass is 35.5. The number of pyridine rings is 1. The largest absolute Gasteiger partial charge is 0.495 e. The van der Waals surface area contributed by atoms with E-state index in [1.807, 2.05) is 0 Å². The topological polar surface area (TPSA) is 116 Å². The molecule has 1 amide bonds. The van der Waals surface area contributed by atoms with Crippen LogP contribution in [0.4, 0.5) is 10.5 Å². The van der Waals surface area contributed by atoms with Gasteiger partial charge in [0.1, 0.15) is 23.9 Å². The smallest absolute Gasteiger partial charge is 0.410 e. The van der Waals surface area contributed by atoms with Crippen LogP contribution in [0.5, 0.6) is 11.6 Å². The maximum Gasteiger partial charge on any atom is 0.410 e. The van der Waals surface area contributed by atoms with Crippen LogP contribution in [0.2, 0.25) is 5.02 Å². The number of halogens is 1. The standard InChI is InChI=1S/C21H24ClN3O7S/c1-29-7-8-31-20(26)25-12-14-9-16(11-23-19(14)32-13-21(25)5-6-21)24-33(27,28)18-10-15(22)3-4-17(18)30-2/h3-4,9-11,24H,5-8,12-13H2,1-2H3. The lowest BCUT2D eigenvalue weighted by Gasteiger charge is -2.28. The van der Waals surface area contributed by atoms with Crippen LogP contribution in [0, 0.1) is 0 Å². The lowest BCUT2D eigenvalue weighted by Crippen LogP contribution is -2.44. The maximum absolute atomic E-state index is 13.0. The number of nitrogens with one attached hydrogen (secondary N) is 1. The van der Waals surface area contributed by atoms with E-state index in [-0.39, 0.29) is 41.1 Å². The molecular formula is C21H24ClN3O7S. The minimum atomic E-state index is -4.03. The highest BCUT2D eigenvalue weighted by molar-refractivity contribution is 7.92. The number of ether oxygens (including phenoxy) is 4. The summed E-state index contributed by atoms with van der Waals surface area (Å²) < 4.78 is 49.8. The van der Waals surface area contributed by atoms with Crippen LogP contribution in [0.25, 0.3) is 0 Å². The van der Waals surface area contributed by atoms with Gasteiger partial charge in [0.05, 0.1) is 37.7 Å². The van der Waals surface area contributed by atoms with Crippen LogP contribution >= 0.6 is 11.6 Å². The fourth-order valence-electron chi connectivity index (χ4n) is 3.59. The number of benzene rings is 1. The summed E-state index contributed by atoms with van der Waals surface area (Å²) in [5.41, 5.74) is 0.318. The second-order valence-corrected chi connectivity index (χ2v) is 9.88. The van der Waals surface area contributed by atoms with Gasteiger partial charge in [0.2, 0.25) is 5.88 Å². The number of amides is 1. The summed E-state index contributed by atoms with van der Waals surface area (Å²) in [7, 11) is -1.13. The summed E-state index contributed by atoms with van der Waals surface area (Å²) >= 11 is 5.99. The molecule has 178 valence electrons. The van der Waals surface area contributed by atoms with Crippen molar-refractivity contribution in [1.82, 2.24) is 9.88 Å². The Balaban J connectivity index is 1.59. The Morgan fingerprint density at radius 2 is 2.06 bits per heavy atom. The Kier molecular flexibility index (Phi) is 6.55. The molecule has 0 unspecified atom stereocenters. The van der Waals surface area contributed by atoms with Gasteiger partial charge in [0.25, 0.3) is 10.0 Å². The molecule has 1 aromatic heterocycles. The highest BCUT2D eigenvalue weighted by Crippen LogP contribution is 2.46. The number of aromatic nitrogens is 1. The first-order valence-corrected chi connectivity index (χ1v) is 12.1. The van der Waals surface area contributed by atoms with Gasteiger partial charge in [-0.2, -0.15) is 0 Å². The molecule has 1 aromatic carbocycles. The van der Waals surface area contributed by atoms with Gasteiger partial charge in [-0.15, -0.1) is 0 Å². The van der Waals surface area contributed by atoms with Crippen molar-refractivity contribution in [2.45, 2.75) is 29.8 Å². The zero-order valence-corrected chi connectivity index (χ0v) is 19.7. The molecule has 33 heavy (non-hydrogen) atoms. The van der Waals surface area contributed by atoms with Crippen molar-refractivity contribution in [3.05, 3.63) is 41.0 Å². The highest BCUT2D eigenvalue weighted by Gasteiger charge is 2.53. The average Bonchev–Trinajstić information content (AvgIpc) is 3.59. The van der Waals surface area contributed by atoms with E-state index < -0.39 is 21.7 Å². The summed E-state index contributed by atoms with van der Waals surface area (Å²) in [4.78, 5) is 18.5. The zero-order valence-electron chi connectivity index (χ0n) is 18.2. The SMILES string of the molecule is COCCOC(=O)N1Cc2cc(NS(=O)(=O)c3cc(Cl)ccc3OC)cnc2OCC12CC2. The maximum atomic E-state index is 13.0. The molecule has 12 heteroatoms. The van der Waals surface area contributed by atoms with Crippen LogP contribution in [-0.4, -0.2) is 64.0 Å². The van der Waals surface area contributed by atoms with E-state index in [9.17, 15) is 13.2 Å². The second kappa shape index (κ2) is 9.24. The average molecular weight is 498 g/mol. The third kappa shape index (κ3) is 4.94. The number of hydrogen-bond donors (Lipinski definition) is 1. The number of carbonyl (C=O) groups excluding carboxylic acids is 1. The molecule has 0 atom stereocenters. The predicted octanol–water partition coefficient (Wildman–Crippen LogP) is 3.05. The summed E-state index contributed by atoms with van der Waals surface area (Å²) in [6.07, 6.45) is 2.46. The van der Waals surface area contributed by atoms with Gasteiger partial charge in [0, 0.05) is 17.7 Å². The number of carbonyl (C=O) groups is 1. The van der Waals surface area contributed by atoms with Crippen molar-refractivity contribution in [2.75, 3.05) is 38.8 Å². The third-order valence-electron chi connectivity index (χ3n) is 5.53. The van der Waals surface area contributed by atoms with Gasteiger partial charge in [0.15, 0.2) is 0 Å². The molecule has 10 nitrogen and oxygen atoms in total. The normalized spacial score (nSPS) is 16.4. The number of methoxy groups -OCH3 is 2. The van der Waals surface area contributed by atoms with Crippen molar-refractivity contribution >= 4 is 33.4 Å². The summed E-state index contributed by atoms with van der Waals surface area (Å²) in [6.45, 7) is 0.886. The fraction of sp³-hybridized carbons (Fsp3) is 0.429. The Morgan fingerprint density at radius 3 is 2.76 bits per heavy atom. The molecule has 4 rings (SSSR count). The van der Waals surface area contributed by atoms with Crippen molar-refractivity contribution in [3.8, 4) is 11.6 Å². The summed E-state index contributed by atoms with van der Waals surface area (Å²) in [6, 6.07) is 5.90. The van der Waals surface area contributed by atoms with E-state index in [0.717, 1.165) is 12.8 Å². The van der Waals surface area contributed by atoms with E-state index in [2.05, 4.69) is 9.71 Å². The Hall–Kier alpha value is -2.76. The van der Waals surface area contributed by atoms with Gasteiger partial charge in [-0.1, -0.05) is 11.6 Å². The molecule has 2 aromatic rings. The molecule has 2 aliphatic rings. The number of anilines is 1. The van der Waals surface area contributed by atoms with Crippen LogP contribution in [-0.2, 0) is 26.0 Å². The van der Waals surface area contributed by atoms with Crippen LogP contribution in [0.1, 0.15) is 18.4 Å². The van der Waals surface area contributed by atoms with Crippen molar-refractivity contribution in [2.24, 2.45) is 0 Å². The molecule has 1 saturated carbocycles. The van der Waals surface area contributed by atoms with E-state index in [0.29, 0.717) is 18.1 Å². The molecule has 1 spiro atoms. The summed E-state index contributed by atoms with van der Waals surface area (Å²) in [5, 5.41) is 0.252. The molecule has 2 heterocycles. The molecule has 1 aliphatic carbocycles. The van der Waals surface area contributed by atoms with Crippen LogP contribution < -0.4 is 14.2 Å². The minimum Gasteiger partial charge on any atom is -0.495 e. The second-order valence-electron chi connectivity index (χ2n) is 7.80. The first-order chi connectivity index (χ1) is 15.8. The third-order valence-corrected chi connectivity index (χ3v) is 7.17. The van der Waals surface area contributed by atoms with Gasteiger partial charge >= 0.3 is 6.09 Å². The van der Waals surface area contributed by atoms with Crippen LogP contribution in [0.15, 0.2) is 35.4 Å². The van der Waals surface area contributed by atoms with Gasteiger partial charge in [-0.3, -0.25) is 9.62 Å². The molecule has 0 saturated heterocycles. The minimum absolute atomic E-state index is 0.107. The van der Waals surface area contributed by atoms with Crippen molar-refractivity contribution in [3.63, 3.8) is 0 Å². The molecular weight excluding hydrogens is 474 g/mol. The first kappa shape index (κ1) is 23.4. The molecule has 0 bridgehead atoms. The lowest BCUT2D eigenvalue weighted by atomic mass is 10.2. The van der Waals surface area contributed by atoms with E-state index in [1.54, 1.807) is 11.0 Å². The zero-order chi connectivity index (χ0) is 23.6. The Morgan fingerprint density at radius 1 is 1.27 bits per heavy atom. The number of sulfonamides is 1. The molecule has 1 aliphatic heterocycles. The summed E-state index contributed by atoms with van der Waals surface area (Å²) in [5.74, 6) is 0.496. The molecule has 0 radical (unpaired) electrons.